The second kappa shape index (κ2) is 6.19. The zero-order valence-electron chi connectivity index (χ0n) is 11.5. The molecule has 0 aliphatic carbocycles. The minimum Gasteiger partial charge on any atom is -0.387 e. The lowest BCUT2D eigenvalue weighted by Gasteiger charge is -2.22. The van der Waals surface area contributed by atoms with E-state index in [0.29, 0.717) is 0 Å². The van der Waals surface area contributed by atoms with Crippen LogP contribution in [0.3, 0.4) is 0 Å². The Bertz CT molecular complexity index is 361. The van der Waals surface area contributed by atoms with Gasteiger partial charge in [0, 0.05) is 13.1 Å². The van der Waals surface area contributed by atoms with Crippen LogP contribution < -0.4 is 4.90 Å². The first kappa shape index (κ1) is 13.3. The predicted octanol–water partition coefficient (Wildman–Crippen LogP) is 3.15. The molecule has 2 rings (SSSR count). The van der Waals surface area contributed by atoms with Crippen LogP contribution in [0.2, 0.25) is 0 Å². The summed E-state index contributed by atoms with van der Waals surface area (Å²) in [6.45, 7) is 6.31. The van der Waals surface area contributed by atoms with Gasteiger partial charge in [0.2, 0.25) is 0 Å². The maximum Gasteiger partial charge on any atom is 0.0931 e. The number of hydrogen-bond acceptors (Lipinski definition) is 3. The fourth-order valence-electron chi connectivity index (χ4n) is 2.66. The molecule has 3 nitrogen and oxygen atoms in total. The van der Waals surface area contributed by atoms with Crippen molar-refractivity contribution in [3.63, 3.8) is 0 Å². The van der Waals surface area contributed by atoms with Crippen molar-refractivity contribution in [2.45, 2.75) is 45.6 Å². The van der Waals surface area contributed by atoms with Crippen molar-refractivity contribution in [1.82, 2.24) is 4.98 Å². The van der Waals surface area contributed by atoms with Gasteiger partial charge >= 0.3 is 0 Å². The normalized spacial score (nSPS) is 22.6. The smallest absolute Gasteiger partial charge is 0.0931 e. The van der Waals surface area contributed by atoms with Gasteiger partial charge in [-0.15, -0.1) is 0 Å². The SMILES string of the molecule is CCC1CCCN(c2ccc([C@H](C)O)nc2)CC1. The third-order valence-corrected chi connectivity index (χ3v) is 3.99. The van der Waals surface area contributed by atoms with Crippen molar-refractivity contribution in [3.05, 3.63) is 24.0 Å². The van der Waals surface area contributed by atoms with E-state index < -0.39 is 6.10 Å². The first-order chi connectivity index (χ1) is 8.70. The second-order valence-corrected chi connectivity index (χ2v) is 5.31. The number of pyridine rings is 1. The fourth-order valence-corrected chi connectivity index (χ4v) is 2.66. The number of hydrogen-bond donors (Lipinski definition) is 1. The van der Waals surface area contributed by atoms with Gasteiger partial charge < -0.3 is 10.0 Å². The first-order valence-electron chi connectivity index (χ1n) is 7.09. The quantitative estimate of drug-likeness (QED) is 0.892. The van der Waals surface area contributed by atoms with Crippen molar-refractivity contribution in [1.29, 1.82) is 0 Å². The predicted molar refractivity (Wildman–Crippen MR) is 74.7 cm³/mol. The highest BCUT2D eigenvalue weighted by atomic mass is 16.3. The van der Waals surface area contributed by atoms with Crippen LogP contribution in [0.25, 0.3) is 0 Å². The number of nitrogens with zero attached hydrogens (tertiary/aromatic N) is 2. The topological polar surface area (TPSA) is 36.4 Å². The highest BCUT2D eigenvalue weighted by molar-refractivity contribution is 5.44. The minimum absolute atomic E-state index is 0.479. The molecule has 1 unspecified atom stereocenters. The van der Waals surface area contributed by atoms with E-state index in [1.54, 1.807) is 6.92 Å². The maximum absolute atomic E-state index is 9.46. The lowest BCUT2D eigenvalue weighted by molar-refractivity contribution is 0.194. The van der Waals surface area contributed by atoms with Gasteiger partial charge in [-0.1, -0.05) is 13.3 Å². The van der Waals surface area contributed by atoms with Gasteiger partial charge in [0.15, 0.2) is 0 Å². The summed E-state index contributed by atoms with van der Waals surface area (Å²) in [5.41, 5.74) is 1.94. The zero-order chi connectivity index (χ0) is 13.0. The number of anilines is 1. The Hall–Kier alpha value is -1.09. The molecule has 100 valence electrons. The molecule has 2 atom stereocenters. The van der Waals surface area contributed by atoms with Crippen molar-refractivity contribution in [2.24, 2.45) is 5.92 Å². The fraction of sp³-hybridized carbons (Fsp3) is 0.667. The number of aromatic nitrogens is 1. The standard InChI is InChI=1S/C15H24N2O/c1-3-13-5-4-9-17(10-8-13)14-6-7-15(12(2)18)16-11-14/h6-7,11-13,18H,3-5,8-10H2,1-2H3/t12-,13?/m0/s1. The van der Waals surface area contributed by atoms with Gasteiger partial charge in [0.25, 0.3) is 0 Å². The van der Waals surface area contributed by atoms with E-state index in [1.807, 2.05) is 12.3 Å². The van der Waals surface area contributed by atoms with Crippen LogP contribution in [-0.4, -0.2) is 23.2 Å². The molecular formula is C15H24N2O. The summed E-state index contributed by atoms with van der Waals surface area (Å²) in [6, 6.07) is 4.02. The van der Waals surface area contributed by atoms with Crippen molar-refractivity contribution >= 4 is 5.69 Å². The lowest BCUT2D eigenvalue weighted by atomic mass is 9.98. The molecule has 18 heavy (non-hydrogen) atoms. The summed E-state index contributed by atoms with van der Waals surface area (Å²) in [7, 11) is 0. The largest absolute Gasteiger partial charge is 0.387 e. The van der Waals surface area contributed by atoms with Crippen molar-refractivity contribution in [3.8, 4) is 0 Å². The van der Waals surface area contributed by atoms with Gasteiger partial charge in [-0.2, -0.15) is 0 Å². The molecule has 1 saturated heterocycles. The molecule has 0 bridgehead atoms. The second-order valence-electron chi connectivity index (χ2n) is 5.31. The van der Waals surface area contributed by atoms with Gasteiger partial charge in [0.05, 0.1) is 23.7 Å². The summed E-state index contributed by atoms with van der Waals surface area (Å²) in [4.78, 5) is 6.76. The van der Waals surface area contributed by atoms with E-state index in [-0.39, 0.29) is 0 Å². The average molecular weight is 248 g/mol. The third-order valence-electron chi connectivity index (χ3n) is 3.99. The molecule has 0 saturated carbocycles. The third kappa shape index (κ3) is 3.22. The molecule has 0 spiro atoms. The van der Waals surface area contributed by atoms with E-state index in [2.05, 4.69) is 22.9 Å². The van der Waals surface area contributed by atoms with Crippen LogP contribution in [0, 0.1) is 5.92 Å². The Morgan fingerprint density at radius 1 is 1.39 bits per heavy atom. The Morgan fingerprint density at radius 2 is 2.22 bits per heavy atom. The molecule has 0 radical (unpaired) electrons. The van der Waals surface area contributed by atoms with Gasteiger partial charge in [0.1, 0.15) is 0 Å². The summed E-state index contributed by atoms with van der Waals surface area (Å²) in [5, 5.41) is 9.46. The maximum atomic E-state index is 9.46. The van der Waals surface area contributed by atoms with Crippen LogP contribution >= 0.6 is 0 Å². The van der Waals surface area contributed by atoms with E-state index in [9.17, 15) is 5.11 Å². The molecule has 0 aromatic carbocycles. The zero-order valence-corrected chi connectivity index (χ0v) is 11.5. The number of rotatable bonds is 3. The molecule has 1 N–H and O–H groups in total. The van der Waals surface area contributed by atoms with E-state index in [4.69, 9.17) is 0 Å². The number of aliphatic hydroxyl groups excluding tert-OH is 1. The van der Waals surface area contributed by atoms with Crippen LogP contribution in [0.15, 0.2) is 18.3 Å². The number of aliphatic hydroxyl groups is 1. The van der Waals surface area contributed by atoms with E-state index >= 15 is 0 Å². The Labute approximate surface area is 110 Å². The molecule has 0 amide bonds. The summed E-state index contributed by atoms with van der Waals surface area (Å²) in [6.07, 6.45) is 6.63. The van der Waals surface area contributed by atoms with E-state index in [1.165, 1.54) is 31.4 Å². The average Bonchev–Trinajstić information content (AvgIpc) is 2.64. The molecule has 1 fully saturated rings. The molecular weight excluding hydrogens is 224 g/mol. The molecule has 1 aliphatic rings. The van der Waals surface area contributed by atoms with E-state index in [0.717, 1.165) is 24.7 Å². The molecule has 1 aromatic heterocycles. The molecule has 1 aromatic rings. The van der Waals surface area contributed by atoms with Crippen molar-refractivity contribution < 1.29 is 5.11 Å². The summed E-state index contributed by atoms with van der Waals surface area (Å²) >= 11 is 0. The Balaban J connectivity index is 2.02. The Morgan fingerprint density at radius 3 is 2.83 bits per heavy atom. The van der Waals surface area contributed by atoms with Crippen molar-refractivity contribution in [2.75, 3.05) is 18.0 Å². The van der Waals surface area contributed by atoms with Crippen LogP contribution in [-0.2, 0) is 0 Å². The van der Waals surface area contributed by atoms with Gasteiger partial charge in [-0.25, -0.2) is 0 Å². The summed E-state index contributed by atoms with van der Waals surface area (Å²) < 4.78 is 0. The minimum atomic E-state index is -0.479. The Kier molecular flexibility index (Phi) is 4.59. The molecule has 1 aliphatic heterocycles. The van der Waals surface area contributed by atoms with Crippen LogP contribution in [0.4, 0.5) is 5.69 Å². The van der Waals surface area contributed by atoms with Crippen LogP contribution in [0.1, 0.15) is 51.3 Å². The molecule has 2 heterocycles. The highest BCUT2D eigenvalue weighted by Gasteiger charge is 2.16. The lowest BCUT2D eigenvalue weighted by Crippen LogP contribution is -2.24. The monoisotopic (exact) mass is 248 g/mol. The van der Waals surface area contributed by atoms with Gasteiger partial charge in [-0.3, -0.25) is 4.98 Å². The van der Waals surface area contributed by atoms with Crippen LogP contribution in [0.5, 0.6) is 0 Å². The summed E-state index contributed by atoms with van der Waals surface area (Å²) in [5.74, 6) is 0.889. The molecule has 3 heteroatoms. The van der Waals surface area contributed by atoms with Gasteiger partial charge in [-0.05, 0) is 44.2 Å². The highest BCUT2D eigenvalue weighted by Crippen LogP contribution is 2.24. The first-order valence-corrected chi connectivity index (χ1v) is 7.09.